The van der Waals surface area contributed by atoms with Crippen LogP contribution in [-0.4, -0.2) is 18.5 Å². The molecule has 0 saturated carbocycles. The number of fused-ring (bicyclic) bond motifs is 1. The summed E-state index contributed by atoms with van der Waals surface area (Å²) in [6.07, 6.45) is 1.53. The Morgan fingerprint density at radius 2 is 1.71 bits per heavy atom. The Balaban J connectivity index is 2.14. The van der Waals surface area contributed by atoms with Gasteiger partial charge in [-0.1, -0.05) is 30.3 Å². The molecule has 0 amide bonds. The van der Waals surface area contributed by atoms with E-state index in [9.17, 15) is 13.5 Å². The summed E-state index contributed by atoms with van der Waals surface area (Å²) in [4.78, 5) is 3.04. The van der Waals surface area contributed by atoms with Crippen LogP contribution in [0, 0.1) is 0 Å². The van der Waals surface area contributed by atoms with Crippen molar-refractivity contribution in [3.05, 3.63) is 64.8 Å². The molecule has 0 aliphatic heterocycles. The molecule has 1 heterocycles. The van der Waals surface area contributed by atoms with Crippen LogP contribution in [0.4, 0.5) is 0 Å². The van der Waals surface area contributed by atoms with Crippen molar-refractivity contribution < 1.29 is 13.5 Å². The molecule has 4 nitrogen and oxygen atoms in total. The van der Waals surface area contributed by atoms with Crippen LogP contribution in [0.5, 0.6) is 0 Å². The van der Waals surface area contributed by atoms with Gasteiger partial charge in [0.15, 0.2) is 5.44 Å². The minimum absolute atomic E-state index is 0.0720. The van der Waals surface area contributed by atoms with Gasteiger partial charge in [-0.15, -0.1) is 0 Å². The number of nitrogens with one attached hydrogen (secondary N) is 1. The molecule has 2 N–H and O–H groups in total. The van der Waals surface area contributed by atoms with E-state index in [4.69, 9.17) is 0 Å². The molecule has 6 heteroatoms. The van der Waals surface area contributed by atoms with Gasteiger partial charge in [0.25, 0.3) is 0 Å². The van der Waals surface area contributed by atoms with Gasteiger partial charge in [-0.25, -0.2) is 8.42 Å². The molecule has 3 aromatic rings. The summed E-state index contributed by atoms with van der Waals surface area (Å²) in [6, 6.07) is 13.7. The highest BCUT2D eigenvalue weighted by Gasteiger charge is 2.30. The van der Waals surface area contributed by atoms with Crippen molar-refractivity contribution in [1.29, 1.82) is 0 Å². The minimum atomic E-state index is -3.90. The number of H-pyrrole nitrogens is 1. The zero-order valence-electron chi connectivity index (χ0n) is 10.8. The summed E-state index contributed by atoms with van der Waals surface area (Å²) in [6.45, 7) is 0. The second kappa shape index (κ2) is 5.29. The Kier molecular flexibility index (Phi) is 3.61. The Hall–Kier alpha value is -1.63. The van der Waals surface area contributed by atoms with Crippen LogP contribution in [0.3, 0.4) is 0 Å². The van der Waals surface area contributed by atoms with Crippen molar-refractivity contribution in [3.8, 4) is 0 Å². The summed E-state index contributed by atoms with van der Waals surface area (Å²) in [5.74, 6) is 0. The molecule has 3 rings (SSSR count). The molecule has 0 saturated heterocycles. The van der Waals surface area contributed by atoms with Crippen molar-refractivity contribution >= 4 is 36.7 Å². The molecule has 0 aliphatic carbocycles. The van der Waals surface area contributed by atoms with Crippen molar-refractivity contribution in [2.24, 2.45) is 0 Å². The van der Waals surface area contributed by atoms with E-state index in [0.717, 1.165) is 5.52 Å². The number of aromatic amines is 1. The highest BCUT2D eigenvalue weighted by atomic mass is 79.9. The summed E-state index contributed by atoms with van der Waals surface area (Å²) in [5.41, 5.74) is -0.484. The number of rotatable bonds is 3. The van der Waals surface area contributed by atoms with Crippen LogP contribution < -0.4 is 0 Å². The predicted octanol–water partition coefficient (Wildman–Crippen LogP) is 3.40. The zero-order chi connectivity index (χ0) is 15.0. The fraction of sp³-hybridized carbons (Fsp3) is 0.0667. The van der Waals surface area contributed by atoms with Crippen LogP contribution in [-0.2, 0) is 9.84 Å². The number of hydrogen-bond acceptors (Lipinski definition) is 3. The largest absolute Gasteiger partial charge is 0.373 e. The number of aromatic nitrogens is 1. The van der Waals surface area contributed by atoms with Gasteiger partial charge in [0, 0.05) is 27.1 Å². The van der Waals surface area contributed by atoms with E-state index >= 15 is 0 Å². The van der Waals surface area contributed by atoms with Crippen molar-refractivity contribution in [2.75, 3.05) is 0 Å². The van der Waals surface area contributed by atoms with E-state index < -0.39 is 15.3 Å². The maximum absolute atomic E-state index is 12.6. The van der Waals surface area contributed by atoms with Crippen LogP contribution >= 0.6 is 15.9 Å². The fourth-order valence-electron chi connectivity index (χ4n) is 2.26. The van der Waals surface area contributed by atoms with E-state index in [2.05, 4.69) is 20.9 Å². The number of sulfone groups is 1. The van der Waals surface area contributed by atoms with Crippen LogP contribution in [0.15, 0.2) is 64.1 Å². The fourth-order valence-corrected chi connectivity index (χ4v) is 4.60. The van der Waals surface area contributed by atoms with Crippen molar-refractivity contribution in [2.45, 2.75) is 10.3 Å². The minimum Gasteiger partial charge on any atom is -0.373 e. The summed E-state index contributed by atoms with van der Waals surface area (Å²) in [7, 11) is -3.90. The summed E-state index contributed by atoms with van der Waals surface area (Å²) < 4.78 is 25.6. The lowest BCUT2D eigenvalue weighted by atomic mass is 10.2. The first-order valence-electron chi connectivity index (χ1n) is 6.24. The summed E-state index contributed by atoms with van der Waals surface area (Å²) >= 11 is 3.22. The first kappa shape index (κ1) is 14.3. The number of halogens is 1. The molecule has 0 bridgehead atoms. The van der Waals surface area contributed by atoms with Gasteiger partial charge < -0.3 is 10.1 Å². The molecule has 1 atom stereocenters. The standard InChI is InChI=1S/C15H12BrNO3S/c16-12-6-2-4-8-14(12)21(19,20)15(18)11-9-17-13-7-3-1-5-10(11)13/h1-9,15,17-18H. The van der Waals surface area contributed by atoms with Crippen molar-refractivity contribution in [1.82, 2.24) is 4.98 Å². The Morgan fingerprint density at radius 3 is 2.48 bits per heavy atom. The molecule has 0 radical (unpaired) electrons. The zero-order valence-corrected chi connectivity index (χ0v) is 13.2. The van der Waals surface area contributed by atoms with Gasteiger partial charge in [0.1, 0.15) is 0 Å². The van der Waals surface area contributed by atoms with E-state index in [1.807, 2.05) is 12.1 Å². The predicted molar refractivity (Wildman–Crippen MR) is 84.6 cm³/mol. The smallest absolute Gasteiger partial charge is 0.210 e. The van der Waals surface area contributed by atoms with E-state index in [0.29, 0.717) is 15.4 Å². The molecule has 1 unspecified atom stereocenters. The molecule has 1 aromatic heterocycles. The van der Waals surface area contributed by atoms with Crippen LogP contribution in [0.25, 0.3) is 10.9 Å². The first-order chi connectivity index (χ1) is 10.0. The Bertz CT molecular complexity index is 902. The van der Waals surface area contributed by atoms with Crippen LogP contribution in [0.1, 0.15) is 11.0 Å². The number of para-hydroxylation sites is 1. The van der Waals surface area contributed by atoms with E-state index in [1.165, 1.54) is 12.3 Å². The normalized spacial score (nSPS) is 13.4. The third-order valence-electron chi connectivity index (χ3n) is 3.32. The maximum atomic E-state index is 12.6. The molecule has 0 aliphatic rings. The monoisotopic (exact) mass is 365 g/mol. The molecular formula is C15H12BrNO3S. The van der Waals surface area contributed by atoms with E-state index in [1.54, 1.807) is 30.3 Å². The molecule has 108 valence electrons. The van der Waals surface area contributed by atoms with Gasteiger partial charge in [0.2, 0.25) is 9.84 Å². The third kappa shape index (κ3) is 2.39. The average molecular weight is 366 g/mol. The summed E-state index contributed by atoms with van der Waals surface area (Å²) in [5, 5.41) is 11.1. The van der Waals surface area contributed by atoms with Gasteiger partial charge in [-0.05, 0) is 34.1 Å². The van der Waals surface area contributed by atoms with Crippen molar-refractivity contribution in [3.63, 3.8) is 0 Å². The van der Waals surface area contributed by atoms with Gasteiger partial charge in [-0.3, -0.25) is 0 Å². The van der Waals surface area contributed by atoms with Crippen LogP contribution in [0.2, 0.25) is 0 Å². The van der Waals surface area contributed by atoms with E-state index in [-0.39, 0.29) is 4.90 Å². The lowest BCUT2D eigenvalue weighted by Crippen LogP contribution is -2.13. The second-order valence-corrected chi connectivity index (χ2v) is 7.45. The Morgan fingerprint density at radius 1 is 1.05 bits per heavy atom. The molecule has 21 heavy (non-hydrogen) atoms. The number of hydrogen-bond donors (Lipinski definition) is 2. The lowest BCUT2D eigenvalue weighted by Gasteiger charge is -2.12. The average Bonchev–Trinajstić information content (AvgIpc) is 2.90. The highest BCUT2D eigenvalue weighted by molar-refractivity contribution is 9.10. The number of benzene rings is 2. The second-order valence-electron chi connectivity index (χ2n) is 4.62. The maximum Gasteiger partial charge on any atom is 0.210 e. The molecular weight excluding hydrogens is 354 g/mol. The third-order valence-corrected chi connectivity index (χ3v) is 6.09. The molecule has 0 spiro atoms. The first-order valence-corrected chi connectivity index (χ1v) is 8.58. The number of aliphatic hydroxyl groups is 1. The number of aliphatic hydroxyl groups excluding tert-OH is 1. The SMILES string of the molecule is O=S(=O)(c1ccccc1Br)C(O)c1c[nH]c2ccccc12. The quantitative estimate of drug-likeness (QED) is 0.747. The highest BCUT2D eigenvalue weighted by Crippen LogP contribution is 2.34. The Labute approximate surface area is 130 Å². The lowest BCUT2D eigenvalue weighted by molar-refractivity contribution is 0.256. The molecule has 0 fully saturated rings. The van der Waals surface area contributed by atoms with Gasteiger partial charge in [0.05, 0.1) is 4.90 Å². The molecule has 2 aromatic carbocycles. The topological polar surface area (TPSA) is 70.2 Å². The van der Waals surface area contributed by atoms with Gasteiger partial charge in [-0.2, -0.15) is 0 Å². The van der Waals surface area contributed by atoms with Gasteiger partial charge >= 0.3 is 0 Å².